The summed E-state index contributed by atoms with van der Waals surface area (Å²) in [7, 11) is 0. The van der Waals surface area contributed by atoms with Crippen LogP contribution in [0.2, 0.25) is 0 Å². The van der Waals surface area contributed by atoms with Crippen LogP contribution in [-0.4, -0.2) is 5.25 Å². The van der Waals surface area contributed by atoms with Crippen LogP contribution in [0.5, 0.6) is 5.75 Å². The Morgan fingerprint density at radius 2 is 1.59 bits per heavy atom. The predicted molar refractivity (Wildman–Crippen MR) is 117 cm³/mol. The van der Waals surface area contributed by atoms with Crippen molar-refractivity contribution < 1.29 is 13.5 Å². The van der Waals surface area contributed by atoms with Gasteiger partial charge in [0.05, 0.1) is 0 Å². The molecule has 0 radical (unpaired) electrons. The summed E-state index contributed by atoms with van der Waals surface area (Å²) in [5.41, 5.74) is 3.39. The molecule has 3 rings (SSSR count). The molecule has 0 spiro atoms. The maximum Gasteiger partial charge on any atom is 0.267 e. The van der Waals surface area contributed by atoms with Gasteiger partial charge in [-0.15, -0.1) is 11.8 Å². The maximum atomic E-state index is 12.9. The van der Waals surface area contributed by atoms with Crippen molar-refractivity contribution in [2.75, 3.05) is 0 Å². The van der Waals surface area contributed by atoms with Crippen LogP contribution in [-0.2, 0) is 13.0 Å². The van der Waals surface area contributed by atoms with Gasteiger partial charge in [-0.3, -0.25) is 0 Å². The highest BCUT2D eigenvalue weighted by molar-refractivity contribution is 8.00. The van der Waals surface area contributed by atoms with Crippen LogP contribution < -0.4 is 4.74 Å². The molecule has 3 aromatic rings. The Hall–Kier alpha value is -2.59. The molecule has 3 aromatic carbocycles. The van der Waals surface area contributed by atoms with Crippen LogP contribution in [0, 0.1) is 6.92 Å². The van der Waals surface area contributed by atoms with Gasteiger partial charge < -0.3 is 4.74 Å². The van der Waals surface area contributed by atoms with Crippen molar-refractivity contribution in [3.05, 3.63) is 108 Å². The van der Waals surface area contributed by atoms with E-state index in [9.17, 15) is 8.78 Å². The van der Waals surface area contributed by atoms with Gasteiger partial charge in [0.1, 0.15) is 12.4 Å². The summed E-state index contributed by atoms with van der Waals surface area (Å²) in [4.78, 5) is 1.00. The highest BCUT2D eigenvalue weighted by Gasteiger charge is 2.11. The number of benzene rings is 3. The maximum absolute atomic E-state index is 12.9. The van der Waals surface area contributed by atoms with E-state index in [0.717, 1.165) is 39.8 Å². The number of hydrogen-bond acceptors (Lipinski definition) is 2. The summed E-state index contributed by atoms with van der Waals surface area (Å²) in [6, 6.07) is 25.9. The number of hydrogen-bond donors (Lipinski definition) is 0. The molecule has 150 valence electrons. The van der Waals surface area contributed by atoms with Crippen LogP contribution in [0.3, 0.4) is 0 Å². The topological polar surface area (TPSA) is 9.23 Å². The van der Waals surface area contributed by atoms with E-state index >= 15 is 0 Å². The summed E-state index contributed by atoms with van der Waals surface area (Å²) in [6.07, 6.45) is 0.799. The number of thioether (sulfide) groups is 1. The normalized spacial score (nSPS) is 11.7. The molecule has 0 N–H and O–H groups in total. The summed E-state index contributed by atoms with van der Waals surface area (Å²) in [5.74, 6) is 0.804. The SMILES string of the molecule is Cc1ccc(S[C@@H](C=C(F)F)CCc2ccc(OCc3ccccc3)cc2)cc1. The quantitative estimate of drug-likeness (QED) is 0.339. The Bertz CT molecular complexity index is 902. The van der Waals surface area contributed by atoms with E-state index in [1.165, 1.54) is 11.8 Å². The largest absolute Gasteiger partial charge is 0.489 e. The first-order valence-electron chi connectivity index (χ1n) is 9.60. The van der Waals surface area contributed by atoms with Crippen LogP contribution in [0.15, 0.2) is 95.9 Å². The molecule has 0 aliphatic rings. The van der Waals surface area contributed by atoms with E-state index in [-0.39, 0.29) is 5.25 Å². The Morgan fingerprint density at radius 1 is 0.897 bits per heavy atom. The minimum atomic E-state index is -1.63. The van der Waals surface area contributed by atoms with Gasteiger partial charge >= 0.3 is 0 Å². The highest BCUT2D eigenvalue weighted by atomic mass is 32.2. The molecule has 0 aliphatic heterocycles. The molecule has 0 amide bonds. The number of ether oxygens (including phenoxy) is 1. The van der Waals surface area contributed by atoms with Gasteiger partial charge in [-0.1, -0.05) is 60.2 Å². The lowest BCUT2D eigenvalue weighted by Crippen LogP contribution is -2.02. The van der Waals surface area contributed by atoms with Gasteiger partial charge in [-0.2, -0.15) is 8.78 Å². The third-order valence-electron chi connectivity index (χ3n) is 4.51. The minimum Gasteiger partial charge on any atom is -0.489 e. The number of halogens is 2. The lowest BCUT2D eigenvalue weighted by molar-refractivity contribution is 0.306. The first kappa shape index (κ1) is 21.1. The number of rotatable bonds is 9. The van der Waals surface area contributed by atoms with Crippen molar-refractivity contribution in [1.29, 1.82) is 0 Å². The minimum absolute atomic E-state index is 0.267. The molecule has 0 unspecified atom stereocenters. The number of aryl methyl sites for hydroxylation is 2. The monoisotopic (exact) mass is 410 g/mol. The Labute approximate surface area is 175 Å². The first-order chi connectivity index (χ1) is 14.1. The average Bonchev–Trinajstić information content (AvgIpc) is 2.73. The molecule has 0 bridgehead atoms. The van der Waals surface area contributed by atoms with Gasteiger partial charge in [0.15, 0.2) is 0 Å². The van der Waals surface area contributed by atoms with Crippen molar-refractivity contribution in [1.82, 2.24) is 0 Å². The zero-order valence-corrected chi connectivity index (χ0v) is 17.2. The van der Waals surface area contributed by atoms with Gasteiger partial charge in [-0.05, 0) is 61.2 Å². The molecule has 1 atom stereocenters. The molecule has 0 saturated heterocycles. The van der Waals surface area contributed by atoms with Crippen LogP contribution in [0.1, 0.15) is 23.1 Å². The molecule has 1 nitrogen and oxygen atoms in total. The molecule has 4 heteroatoms. The van der Waals surface area contributed by atoms with Crippen molar-refractivity contribution >= 4 is 11.8 Å². The van der Waals surface area contributed by atoms with E-state index in [1.807, 2.05) is 85.8 Å². The van der Waals surface area contributed by atoms with Gasteiger partial charge in [0.2, 0.25) is 0 Å². The standard InChI is InChI=1S/C25H24F2OS/c1-19-7-14-23(15-8-19)29-24(17-25(26)27)16-11-20-9-12-22(13-10-20)28-18-21-5-3-2-4-6-21/h2-10,12-15,17,24H,11,16,18H2,1H3/t24-/m1/s1. The molecular weight excluding hydrogens is 386 g/mol. The van der Waals surface area contributed by atoms with Crippen molar-refractivity contribution in [2.45, 2.75) is 36.5 Å². The van der Waals surface area contributed by atoms with Crippen molar-refractivity contribution in [3.8, 4) is 5.75 Å². The Morgan fingerprint density at radius 3 is 2.24 bits per heavy atom. The molecule has 0 fully saturated rings. The molecular formula is C25H24F2OS. The van der Waals surface area contributed by atoms with E-state index < -0.39 is 6.08 Å². The van der Waals surface area contributed by atoms with E-state index in [0.29, 0.717) is 13.0 Å². The fourth-order valence-corrected chi connectivity index (χ4v) is 3.96. The lowest BCUT2D eigenvalue weighted by atomic mass is 10.1. The fraction of sp³-hybridized carbons (Fsp3) is 0.200. The van der Waals surface area contributed by atoms with Crippen LogP contribution in [0.4, 0.5) is 8.78 Å². The first-order valence-corrected chi connectivity index (χ1v) is 10.5. The van der Waals surface area contributed by atoms with Gasteiger partial charge in [0.25, 0.3) is 6.08 Å². The van der Waals surface area contributed by atoms with Gasteiger partial charge in [0, 0.05) is 10.1 Å². The van der Waals surface area contributed by atoms with E-state index in [4.69, 9.17) is 4.74 Å². The van der Waals surface area contributed by atoms with Crippen LogP contribution >= 0.6 is 11.8 Å². The second-order valence-electron chi connectivity index (χ2n) is 6.88. The average molecular weight is 411 g/mol. The molecule has 0 saturated carbocycles. The highest BCUT2D eigenvalue weighted by Crippen LogP contribution is 2.29. The molecule has 29 heavy (non-hydrogen) atoms. The lowest BCUT2D eigenvalue weighted by Gasteiger charge is -2.13. The van der Waals surface area contributed by atoms with Gasteiger partial charge in [-0.25, -0.2) is 0 Å². The predicted octanol–water partition coefficient (Wildman–Crippen LogP) is 7.45. The second-order valence-corrected chi connectivity index (χ2v) is 8.20. The zero-order valence-electron chi connectivity index (χ0n) is 16.4. The van der Waals surface area contributed by atoms with E-state index in [1.54, 1.807) is 0 Å². The van der Waals surface area contributed by atoms with Crippen molar-refractivity contribution in [3.63, 3.8) is 0 Å². The third-order valence-corrected chi connectivity index (χ3v) is 5.73. The summed E-state index contributed by atoms with van der Waals surface area (Å²) >= 11 is 1.47. The van der Waals surface area contributed by atoms with Crippen LogP contribution in [0.25, 0.3) is 0 Å². The van der Waals surface area contributed by atoms with E-state index in [2.05, 4.69) is 0 Å². The smallest absolute Gasteiger partial charge is 0.267 e. The second kappa shape index (κ2) is 10.8. The summed E-state index contributed by atoms with van der Waals surface area (Å²) in [6.45, 7) is 2.54. The molecule has 0 aliphatic carbocycles. The Balaban J connectivity index is 1.54. The summed E-state index contributed by atoms with van der Waals surface area (Å²) < 4.78 is 31.6. The Kier molecular flexibility index (Phi) is 7.88. The zero-order chi connectivity index (χ0) is 20.5. The van der Waals surface area contributed by atoms with Crippen molar-refractivity contribution in [2.24, 2.45) is 0 Å². The molecule has 0 heterocycles. The summed E-state index contributed by atoms with van der Waals surface area (Å²) in [5, 5.41) is -0.267. The third kappa shape index (κ3) is 7.39. The fourth-order valence-electron chi connectivity index (χ4n) is 2.91. The molecule has 0 aromatic heterocycles.